The van der Waals surface area contributed by atoms with E-state index in [0.29, 0.717) is 5.76 Å². The number of rotatable bonds is 4. The van der Waals surface area contributed by atoms with E-state index in [0.717, 1.165) is 6.42 Å². The number of hydrogen-bond donors (Lipinski definition) is 0. The minimum atomic E-state index is -0.220. The van der Waals surface area contributed by atoms with Crippen LogP contribution in [0.3, 0.4) is 0 Å². The monoisotopic (exact) mass is 286 g/mol. The maximum Gasteiger partial charge on any atom is 0.207 e. The molecule has 0 spiro atoms. The van der Waals surface area contributed by atoms with Crippen molar-refractivity contribution in [2.75, 3.05) is 0 Å². The quantitative estimate of drug-likeness (QED) is 0.550. The van der Waals surface area contributed by atoms with Crippen molar-refractivity contribution in [2.45, 2.75) is 40.2 Å². The lowest BCUT2D eigenvalue weighted by Crippen LogP contribution is -2.17. The molecule has 2 aliphatic rings. The lowest BCUT2D eigenvalue weighted by Gasteiger charge is -2.20. The number of ether oxygens (including phenoxy) is 1. The molecule has 21 heavy (non-hydrogen) atoms. The topological polar surface area (TPSA) is 26.3 Å². The van der Waals surface area contributed by atoms with Crippen LogP contribution < -0.4 is 0 Å². The van der Waals surface area contributed by atoms with E-state index in [9.17, 15) is 4.79 Å². The Hall–Kier alpha value is -1.83. The Morgan fingerprint density at radius 3 is 2.57 bits per heavy atom. The summed E-state index contributed by atoms with van der Waals surface area (Å²) in [5.74, 6) is 0.397. The summed E-state index contributed by atoms with van der Waals surface area (Å²) in [5.41, 5.74) is -0.220. The molecule has 114 valence electrons. The Morgan fingerprint density at radius 1 is 1.33 bits per heavy atom. The highest BCUT2D eigenvalue weighted by Gasteiger charge is 2.39. The number of hydrogen-bond acceptors (Lipinski definition) is 2. The highest BCUT2D eigenvalue weighted by Crippen LogP contribution is 2.35. The van der Waals surface area contributed by atoms with Gasteiger partial charge < -0.3 is 4.74 Å². The molecule has 0 aromatic heterocycles. The Balaban J connectivity index is 0.00000106. The van der Waals surface area contributed by atoms with Crippen LogP contribution in [0.1, 0.15) is 34.1 Å². The molecule has 2 nitrogen and oxygen atoms in total. The number of Topliss-reactive ketones (excluding diaryl/α,β-unsaturated/α-hetero) is 1. The second-order valence-corrected chi connectivity index (χ2v) is 5.25. The molecular weight excluding hydrogens is 260 g/mol. The zero-order valence-corrected chi connectivity index (χ0v) is 13.5. The van der Waals surface area contributed by atoms with E-state index in [2.05, 4.69) is 19.6 Å². The third-order valence-electron chi connectivity index (χ3n) is 3.49. The fourth-order valence-electron chi connectivity index (χ4n) is 2.58. The summed E-state index contributed by atoms with van der Waals surface area (Å²) in [5, 5.41) is 0. The molecule has 0 saturated carbocycles. The van der Waals surface area contributed by atoms with E-state index in [4.69, 9.17) is 4.74 Å². The molecule has 1 fully saturated rings. The van der Waals surface area contributed by atoms with E-state index in [1.807, 2.05) is 63.3 Å². The van der Waals surface area contributed by atoms with E-state index in [1.165, 1.54) is 0 Å². The van der Waals surface area contributed by atoms with Gasteiger partial charge in [0.1, 0.15) is 6.10 Å². The molecule has 0 aromatic carbocycles. The van der Waals surface area contributed by atoms with Gasteiger partial charge in [-0.05, 0) is 25.5 Å². The fourth-order valence-corrected chi connectivity index (χ4v) is 2.58. The van der Waals surface area contributed by atoms with Crippen molar-refractivity contribution in [3.8, 4) is 0 Å². The second kappa shape index (κ2) is 7.82. The van der Waals surface area contributed by atoms with Crippen LogP contribution in [0.2, 0.25) is 0 Å². The van der Waals surface area contributed by atoms with E-state index in [-0.39, 0.29) is 23.2 Å². The van der Waals surface area contributed by atoms with Crippen molar-refractivity contribution in [3.63, 3.8) is 0 Å². The average molecular weight is 286 g/mol. The molecule has 1 aliphatic carbocycles. The lowest BCUT2D eigenvalue weighted by atomic mass is 9.84. The van der Waals surface area contributed by atoms with Gasteiger partial charge in [-0.25, -0.2) is 0 Å². The summed E-state index contributed by atoms with van der Waals surface area (Å²) in [6, 6.07) is 0. The predicted molar refractivity (Wildman–Crippen MR) is 88.8 cm³/mol. The van der Waals surface area contributed by atoms with Crippen LogP contribution in [0, 0.1) is 11.3 Å². The van der Waals surface area contributed by atoms with Crippen molar-refractivity contribution in [1.29, 1.82) is 0 Å². The Kier molecular flexibility index (Phi) is 6.41. The molecular formula is C19H26O2. The Bertz CT molecular complexity index is 494. The standard InChI is InChI=1S/C17H20O2.C2H6/c1-4-10-17(3,11-5-2)12-15-16(18)13-8-6-7-9-14(13)19-15;1-2/h4-9,11-14H,1,10H2,2-3H3;1-2H3/b11-5-,15-12-;. The maximum absolute atomic E-state index is 12.3. The van der Waals surface area contributed by atoms with Crippen molar-refractivity contribution in [1.82, 2.24) is 0 Å². The number of carbonyl (C=O) groups is 1. The first-order valence-corrected chi connectivity index (χ1v) is 7.63. The summed E-state index contributed by atoms with van der Waals surface area (Å²) in [4.78, 5) is 12.3. The van der Waals surface area contributed by atoms with Gasteiger partial charge >= 0.3 is 0 Å². The number of carbonyl (C=O) groups excluding carboxylic acids is 1. The molecule has 2 heteroatoms. The molecule has 2 rings (SSSR count). The molecule has 0 amide bonds. The second-order valence-electron chi connectivity index (χ2n) is 5.25. The molecule has 3 atom stereocenters. The Morgan fingerprint density at radius 2 is 2.00 bits per heavy atom. The fraction of sp³-hybridized carbons (Fsp3) is 0.421. The van der Waals surface area contributed by atoms with Crippen LogP contribution >= 0.6 is 0 Å². The predicted octanol–water partition coefficient (Wildman–Crippen LogP) is 4.77. The van der Waals surface area contributed by atoms with Gasteiger partial charge in [-0.15, -0.1) is 6.58 Å². The van der Waals surface area contributed by atoms with Gasteiger partial charge in [-0.2, -0.15) is 0 Å². The zero-order chi connectivity index (χ0) is 15.9. The van der Waals surface area contributed by atoms with Gasteiger partial charge in [0.05, 0.1) is 5.92 Å². The van der Waals surface area contributed by atoms with E-state index < -0.39 is 0 Å². The van der Waals surface area contributed by atoms with Crippen molar-refractivity contribution >= 4 is 5.78 Å². The zero-order valence-electron chi connectivity index (χ0n) is 13.5. The van der Waals surface area contributed by atoms with Gasteiger partial charge in [0.25, 0.3) is 0 Å². The summed E-state index contributed by atoms with van der Waals surface area (Å²) >= 11 is 0. The normalized spacial score (nSPS) is 27.8. The molecule has 3 unspecified atom stereocenters. The number of allylic oxidation sites excluding steroid dienone is 7. The smallest absolute Gasteiger partial charge is 0.207 e. The van der Waals surface area contributed by atoms with Crippen LogP contribution in [0.25, 0.3) is 0 Å². The molecule has 1 heterocycles. The third kappa shape index (κ3) is 4.07. The van der Waals surface area contributed by atoms with Crippen LogP contribution in [-0.2, 0) is 9.53 Å². The summed E-state index contributed by atoms with van der Waals surface area (Å²) in [6.45, 7) is 11.8. The lowest BCUT2D eigenvalue weighted by molar-refractivity contribution is -0.117. The highest BCUT2D eigenvalue weighted by molar-refractivity contribution is 5.99. The first kappa shape index (κ1) is 17.2. The van der Waals surface area contributed by atoms with E-state index in [1.54, 1.807) is 0 Å². The summed E-state index contributed by atoms with van der Waals surface area (Å²) in [6.07, 6.45) is 16.2. The Labute approximate surface area is 128 Å². The first-order valence-electron chi connectivity index (χ1n) is 7.63. The average Bonchev–Trinajstić information content (AvgIpc) is 2.78. The van der Waals surface area contributed by atoms with E-state index >= 15 is 0 Å². The van der Waals surface area contributed by atoms with Crippen LogP contribution in [-0.4, -0.2) is 11.9 Å². The highest BCUT2D eigenvalue weighted by atomic mass is 16.5. The van der Waals surface area contributed by atoms with Crippen molar-refractivity contribution in [3.05, 3.63) is 60.9 Å². The van der Waals surface area contributed by atoms with Crippen LogP contribution in [0.4, 0.5) is 0 Å². The minimum absolute atomic E-state index is 0.0744. The van der Waals surface area contributed by atoms with Crippen LogP contribution in [0.15, 0.2) is 60.9 Å². The summed E-state index contributed by atoms with van der Waals surface area (Å²) < 4.78 is 5.77. The van der Waals surface area contributed by atoms with Gasteiger partial charge in [0.15, 0.2) is 5.76 Å². The molecule has 1 aliphatic heterocycles. The summed E-state index contributed by atoms with van der Waals surface area (Å²) in [7, 11) is 0. The largest absolute Gasteiger partial charge is 0.482 e. The minimum Gasteiger partial charge on any atom is -0.482 e. The van der Waals surface area contributed by atoms with Gasteiger partial charge in [0.2, 0.25) is 5.78 Å². The SMILES string of the molecule is C=CCC(C)(/C=C\C)/C=C1\OC2C=CC=CC2C1=O.CC. The van der Waals surface area contributed by atoms with Gasteiger partial charge in [0, 0.05) is 5.41 Å². The maximum atomic E-state index is 12.3. The molecule has 1 saturated heterocycles. The number of fused-ring (bicyclic) bond motifs is 1. The molecule has 0 radical (unpaired) electrons. The van der Waals surface area contributed by atoms with Crippen LogP contribution in [0.5, 0.6) is 0 Å². The van der Waals surface area contributed by atoms with Gasteiger partial charge in [-0.3, -0.25) is 4.79 Å². The molecule has 0 bridgehead atoms. The molecule has 0 aromatic rings. The van der Waals surface area contributed by atoms with Crippen molar-refractivity contribution in [2.24, 2.45) is 11.3 Å². The molecule has 0 N–H and O–H groups in total. The first-order chi connectivity index (χ1) is 10.1. The number of ketones is 1. The van der Waals surface area contributed by atoms with Gasteiger partial charge in [-0.1, -0.05) is 57.2 Å². The third-order valence-corrected chi connectivity index (χ3v) is 3.49. The van der Waals surface area contributed by atoms with Crippen molar-refractivity contribution < 1.29 is 9.53 Å².